The van der Waals surface area contributed by atoms with Crippen molar-refractivity contribution >= 4 is 0 Å². The van der Waals surface area contributed by atoms with E-state index in [1.54, 1.807) is 0 Å². The Bertz CT molecular complexity index is 41.8. The normalized spacial score (nSPS) is 13.9. The lowest BCUT2D eigenvalue weighted by Crippen LogP contribution is -2.05. The highest BCUT2D eigenvalue weighted by atomic mass is 16.3. The molecule has 0 unspecified atom stereocenters. The van der Waals surface area contributed by atoms with Crippen LogP contribution in [0.2, 0.25) is 0 Å². The number of aliphatic hydroxyl groups is 2. The van der Waals surface area contributed by atoms with Crippen molar-refractivity contribution in [1.82, 2.24) is 0 Å². The van der Waals surface area contributed by atoms with Crippen LogP contribution in [0.15, 0.2) is 0 Å². The molecule has 2 N–H and O–H groups in total. The molecule has 1 atom stereocenters. The van der Waals surface area contributed by atoms with Crippen LogP contribution in [0.3, 0.4) is 0 Å². The second kappa shape index (κ2) is 5.06. The first-order valence-corrected chi connectivity index (χ1v) is 3.06. The minimum absolute atomic E-state index is 0.194. The zero-order valence-corrected chi connectivity index (χ0v) is 5.30. The summed E-state index contributed by atoms with van der Waals surface area (Å²) in [7, 11) is 0. The van der Waals surface area contributed by atoms with Gasteiger partial charge >= 0.3 is 0 Å². The summed E-state index contributed by atoms with van der Waals surface area (Å²) in [5.74, 6) is 0.306. The monoisotopic (exact) mass is 118 g/mol. The van der Waals surface area contributed by atoms with Gasteiger partial charge < -0.3 is 10.2 Å². The lowest BCUT2D eigenvalue weighted by molar-refractivity contribution is 0.180. The standard InChI is InChI=1S/C6H14O2/c1-2-6(5-8)3-4-7/h6-8H,2-5H2,1H3/t6-/m0/s1. The molecule has 0 amide bonds. The van der Waals surface area contributed by atoms with E-state index in [1.165, 1.54) is 0 Å². The molecule has 0 radical (unpaired) electrons. The van der Waals surface area contributed by atoms with E-state index in [2.05, 4.69) is 0 Å². The molecule has 0 rings (SSSR count). The van der Waals surface area contributed by atoms with E-state index in [1.807, 2.05) is 6.92 Å². The lowest BCUT2D eigenvalue weighted by Gasteiger charge is -2.06. The van der Waals surface area contributed by atoms with Gasteiger partial charge in [0.15, 0.2) is 0 Å². The molecule has 50 valence electrons. The van der Waals surface area contributed by atoms with Gasteiger partial charge in [0, 0.05) is 13.2 Å². The van der Waals surface area contributed by atoms with Crippen molar-refractivity contribution in [2.24, 2.45) is 5.92 Å². The van der Waals surface area contributed by atoms with Gasteiger partial charge in [-0.15, -0.1) is 0 Å². The summed E-state index contributed by atoms with van der Waals surface area (Å²) < 4.78 is 0. The molecule has 0 spiro atoms. The van der Waals surface area contributed by atoms with Crippen molar-refractivity contribution < 1.29 is 10.2 Å². The van der Waals surface area contributed by atoms with Crippen LogP contribution in [-0.4, -0.2) is 23.4 Å². The third kappa shape index (κ3) is 2.99. The Morgan fingerprint density at radius 1 is 1.38 bits per heavy atom. The highest BCUT2D eigenvalue weighted by Crippen LogP contribution is 2.04. The third-order valence-electron chi connectivity index (χ3n) is 1.37. The molecule has 2 heteroatoms. The molecule has 0 saturated heterocycles. The van der Waals surface area contributed by atoms with Gasteiger partial charge in [0.2, 0.25) is 0 Å². The summed E-state index contributed by atoms with van der Waals surface area (Å²) in [4.78, 5) is 0. The molecule has 0 heterocycles. The molecule has 2 nitrogen and oxygen atoms in total. The van der Waals surface area contributed by atoms with Gasteiger partial charge in [-0.05, 0) is 12.3 Å². The van der Waals surface area contributed by atoms with Crippen LogP contribution in [0.1, 0.15) is 19.8 Å². The van der Waals surface area contributed by atoms with Crippen LogP contribution in [0.25, 0.3) is 0 Å². The van der Waals surface area contributed by atoms with Gasteiger partial charge in [0.05, 0.1) is 0 Å². The third-order valence-corrected chi connectivity index (χ3v) is 1.37. The molecule has 0 aromatic carbocycles. The molecule has 0 aliphatic carbocycles. The van der Waals surface area contributed by atoms with E-state index in [0.717, 1.165) is 12.8 Å². The molecule has 8 heavy (non-hydrogen) atoms. The zero-order chi connectivity index (χ0) is 6.41. The summed E-state index contributed by atoms with van der Waals surface area (Å²) in [6.45, 7) is 2.41. The molecule has 0 bridgehead atoms. The van der Waals surface area contributed by atoms with E-state index in [9.17, 15) is 0 Å². The average Bonchev–Trinajstić information content (AvgIpc) is 1.83. The number of hydrogen-bond acceptors (Lipinski definition) is 2. The molecular formula is C6H14O2. The van der Waals surface area contributed by atoms with Crippen molar-refractivity contribution in [1.29, 1.82) is 0 Å². The van der Waals surface area contributed by atoms with Crippen molar-refractivity contribution in [3.63, 3.8) is 0 Å². The summed E-state index contributed by atoms with van der Waals surface area (Å²) >= 11 is 0. The second-order valence-corrected chi connectivity index (χ2v) is 1.97. The predicted molar refractivity (Wildman–Crippen MR) is 32.6 cm³/mol. The largest absolute Gasteiger partial charge is 0.396 e. The van der Waals surface area contributed by atoms with Crippen molar-refractivity contribution in [3.05, 3.63) is 0 Å². The Morgan fingerprint density at radius 3 is 2.12 bits per heavy atom. The summed E-state index contributed by atoms with van der Waals surface area (Å²) in [6, 6.07) is 0. The second-order valence-electron chi connectivity index (χ2n) is 1.97. The SMILES string of the molecule is CC[C@H](CO)CCO. The first kappa shape index (κ1) is 7.92. The van der Waals surface area contributed by atoms with Crippen molar-refractivity contribution in [2.75, 3.05) is 13.2 Å². The Hall–Kier alpha value is -0.0800. The van der Waals surface area contributed by atoms with Gasteiger partial charge in [-0.1, -0.05) is 13.3 Å². The summed E-state index contributed by atoms with van der Waals surface area (Å²) in [6.07, 6.45) is 1.68. The average molecular weight is 118 g/mol. The van der Waals surface area contributed by atoms with Gasteiger partial charge in [0.1, 0.15) is 0 Å². The Labute approximate surface area is 50.2 Å². The Balaban J connectivity index is 3.07. The first-order valence-electron chi connectivity index (χ1n) is 3.06. The highest BCUT2D eigenvalue weighted by Gasteiger charge is 2.00. The minimum Gasteiger partial charge on any atom is -0.396 e. The quantitative estimate of drug-likeness (QED) is 0.560. The fourth-order valence-corrected chi connectivity index (χ4v) is 0.607. The number of rotatable bonds is 4. The van der Waals surface area contributed by atoms with Gasteiger partial charge in [-0.25, -0.2) is 0 Å². The van der Waals surface area contributed by atoms with Gasteiger partial charge in [-0.2, -0.15) is 0 Å². The molecule has 0 fully saturated rings. The van der Waals surface area contributed by atoms with Crippen LogP contribution in [0.5, 0.6) is 0 Å². The molecular weight excluding hydrogens is 104 g/mol. The zero-order valence-electron chi connectivity index (χ0n) is 5.30. The number of hydrogen-bond donors (Lipinski definition) is 2. The first-order chi connectivity index (χ1) is 3.85. The predicted octanol–water partition coefficient (Wildman–Crippen LogP) is 0.387. The fraction of sp³-hybridized carbons (Fsp3) is 1.00. The summed E-state index contributed by atoms with van der Waals surface area (Å²) in [5, 5.41) is 16.9. The van der Waals surface area contributed by atoms with E-state index in [-0.39, 0.29) is 13.2 Å². The number of aliphatic hydroxyl groups excluding tert-OH is 2. The molecule has 0 aromatic heterocycles. The van der Waals surface area contributed by atoms with Gasteiger partial charge in [-0.3, -0.25) is 0 Å². The van der Waals surface area contributed by atoms with Crippen molar-refractivity contribution in [3.8, 4) is 0 Å². The Morgan fingerprint density at radius 2 is 2.00 bits per heavy atom. The minimum atomic E-state index is 0.194. The molecule has 0 aliphatic heterocycles. The fourth-order valence-electron chi connectivity index (χ4n) is 0.607. The highest BCUT2D eigenvalue weighted by molar-refractivity contribution is 4.52. The maximum Gasteiger partial charge on any atom is 0.0460 e. The van der Waals surface area contributed by atoms with Gasteiger partial charge in [0.25, 0.3) is 0 Å². The van der Waals surface area contributed by atoms with E-state index < -0.39 is 0 Å². The van der Waals surface area contributed by atoms with Crippen LogP contribution in [0, 0.1) is 5.92 Å². The van der Waals surface area contributed by atoms with Crippen LogP contribution in [-0.2, 0) is 0 Å². The molecule has 0 aliphatic rings. The van der Waals surface area contributed by atoms with Crippen LogP contribution >= 0.6 is 0 Å². The maximum absolute atomic E-state index is 8.55. The van der Waals surface area contributed by atoms with E-state index in [4.69, 9.17) is 10.2 Å². The van der Waals surface area contributed by atoms with E-state index in [0.29, 0.717) is 5.92 Å². The molecule has 0 saturated carbocycles. The van der Waals surface area contributed by atoms with Crippen molar-refractivity contribution in [2.45, 2.75) is 19.8 Å². The van der Waals surface area contributed by atoms with Crippen LogP contribution in [0.4, 0.5) is 0 Å². The smallest absolute Gasteiger partial charge is 0.0460 e. The van der Waals surface area contributed by atoms with Crippen LogP contribution < -0.4 is 0 Å². The maximum atomic E-state index is 8.55. The topological polar surface area (TPSA) is 40.5 Å². The van der Waals surface area contributed by atoms with E-state index >= 15 is 0 Å². The molecule has 0 aromatic rings. The lowest BCUT2D eigenvalue weighted by atomic mass is 10.1. The Kier molecular flexibility index (Phi) is 5.01. The summed E-state index contributed by atoms with van der Waals surface area (Å²) in [5.41, 5.74) is 0.